The predicted molar refractivity (Wildman–Crippen MR) is 93.8 cm³/mol. The van der Waals surface area contributed by atoms with Crippen LogP contribution < -0.4 is 9.47 Å². The number of rotatable bonds is 2. The molecule has 2 aliphatic heterocycles. The first-order valence-corrected chi connectivity index (χ1v) is 9.09. The van der Waals surface area contributed by atoms with Gasteiger partial charge in [0.2, 0.25) is 0 Å². The van der Waals surface area contributed by atoms with Crippen molar-refractivity contribution in [3.8, 4) is 11.5 Å². The quantitative estimate of drug-likeness (QED) is 0.827. The highest BCUT2D eigenvalue weighted by Gasteiger charge is 2.32. The molecule has 1 aromatic heterocycles. The van der Waals surface area contributed by atoms with Crippen LogP contribution in [0.25, 0.3) is 0 Å². The van der Waals surface area contributed by atoms with Gasteiger partial charge in [0, 0.05) is 34.4 Å². The van der Waals surface area contributed by atoms with Gasteiger partial charge in [-0.25, -0.2) is 0 Å². The van der Waals surface area contributed by atoms with Crippen LogP contribution in [0.1, 0.15) is 38.9 Å². The Balaban J connectivity index is 1.74. The van der Waals surface area contributed by atoms with E-state index in [9.17, 15) is 0 Å². The lowest BCUT2D eigenvalue weighted by Crippen LogP contribution is -2.33. The summed E-state index contributed by atoms with van der Waals surface area (Å²) >= 11 is 1.98. The molecule has 122 valence electrons. The number of aryl methyl sites for hydroxylation is 2. The molecule has 0 N–H and O–H groups in total. The summed E-state index contributed by atoms with van der Waals surface area (Å²) in [6.45, 7) is 4.32. The van der Waals surface area contributed by atoms with Gasteiger partial charge in [0.1, 0.15) is 0 Å². The van der Waals surface area contributed by atoms with E-state index in [2.05, 4.69) is 24.0 Å². The molecule has 0 amide bonds. The van der Waals surface area contributed by atoms with Gasteiger partial charge in [-0.1, -0.05) is 6.07 Å². The van der Waals surface area contributed by atoms with E-state index in [1.807, 2.05) is 17.4 Å². The molecule has 0 saturated carbocycles. The summed E-state index contributed by atoms with van der Waals surface area (Å²) in [4.78, 5) is 5.67. The van der Waals surface area contributed by atoms with E-state index >= 15 is 0 Å². The molecule has 0 spiro atoms. The zero-order valence-electron chi connectivity index (χ0n) is 14.0. The fraction of sp³-hybridized carbons (Fsp3) is 0.474. The van der Waals surface area contributed by atoms with Crippen molar-refractivity contribution in [3.05, 3.63) is 44.6 Å². The van der Waals surface area contributed by atoms with Crippen LogP contribution >= 0.6 is 11.3 Å². The number of hydrogen-bond acceptors (Lipinski definition) is 4. The zero-order chi connectivity index (χ0) is 16.0. The minimum Gasteiger partial charge on any atom is -0.493 e. The molecule has 0 unspecified atom stereocenters. The Morgan fingerprint density at radius 1 is 1.17 bits per heavy atom. The maximum Gasteiger partial charge on any atom is 0.165 e. The third-order valence-corrected chi connectivity index (χ3v) is 6.31. The molecular weight excluding hydrogens is 306 g/mol. The molecule has 2 aromatic rings. The second kappa shape index (κ2) is 5.84. The number of hydrogen-bond donors (Lipinski definition) is 0. The summed E-state index contributed by atoms with van der Waals surface area (Å²) in [6.07, 6.45) is 3.46. The van der Waals surface area contributed by atoms with Gasteiger partial charge >= 0.3 is 0 Å². The number of methoxy groups -OCH3 is 2. The van der Waals surface area contributed by atoms with E-state index in [1.54, 1.807) is 24.7 Å². The van der Waals surface area contributed by atoms with Crippen LogP contribution in [0.15, 0.2) is 18.2 Å². The van der Waals surface area contributed by atoms with Gasteiger partial charge in [0.15, 0.2) is 11.5 Å². The summed E-state index contributed by atoms with van der Waals surface area (Å²) in [6, 6.07) is 7.22. The third-order valence-electron chi connectivity index (χ3n) is 5.18. The topological polar surface area (TPSA) is 21.7 Å². The molecule has 2 aliphatic rings. The maximum atomic E-state index is 5.69. The first-order chi connectivity index (χ1) is 11.2. The Morgan fingerprint density at radius 2 is 2.04 bits per heavy atom. The minimum absolute atomic E-state index is 0.548. The monoisotopic (exact) mass is 329 g/mol. The van der Waals surface area contributed by atoms with Crippen LogP contribution in [0, 0.1) is 6.92 Å². The van der Waals surface area contributed by atoms with Crippen molar-refractivity contribution < 1.29 is 9.47 Å². The average molecular weight is 329 g/mol. The predicted octanol–water partition coefficient (Wildman–Crippen LogP) is 4.12. The van der Waals surface area contributed by atoms with E-state index in [4.69, 9.17) is 9.47 Å². The molecule has 1 aromatic carbocycles. The molecule has 4 rings (SSSR count). The van der Waals surface area contributed by atoms with Crippen molar-refractivity contribution in [2.75, 3.05) is 20.8 Å². The fourth-order valence-corrected chi connectivity index (χ4v) is 5.20. The lowest BCUT2D eigenvalue weighted by Gasteiger charge is -2.34. The van der Waals surface area contributed by atoms with Crippen LogP contribution in [-0.4, -0.2) is 25.7 Å². The Bertz CT molecular complexity index is 737. The molecule has 23 heavy (non-hydrogen) atoms. The van der Waals surface area contributed by atoms with Crippen molar-refractivity contribution in [3.63, 3.8) is 0 Å². The van der Waals surface area contributed by atoms with Crippen molar-refractivity contribution in [1.82, 2.24) is 4.90 Å². The normalized spacial score (nSPS) is 20.2. The van der Waals surface area contributed by atoms with Gasteiger partial charge in [-0.15, -0.1) is 11.3 Å². The molecular formula is C19H23NO2S. The molecule has 3 nitrogen and oxygen atoms in total. The average Bonchev–Trinajstić information content (AvgIpc) is 2.83. The minimum atomic E-state index is 0.548. The fourth-order valence-electron chi connectivity index (χ4n) is 4.12. The van der Waals surface area contributed by atoms with Crippen LogP contribution in [0.3, 0.4) is 0 Å². The van der Waals surface area contributed by atoms with Gasteiger partial charge in [-0.2, -0.15) is 0 Å². The highest BCUT2D eigenvalue weighted by molar-refractivity contribution is 7.12. The van der Waals surface area contributed by atoms with E-state index in [-0.39, 0.29) is 0 Å². The SMILES string of the molecule is COc1ccc2c(c1OC)CN1CCc3sc(C)cc3[C@@H]1CC2. The standard InChI is InChI=1S/C19H23NO2S/c1-12-10-14-16-6-4-13-5-7-17(21-2)19(22-3)15(13)11-20(16)9-8-18(14)23-12/h5,7,10,16H,4,6,8-9,11H2,1-3H3/t16-/m0/s1. The molecule has 0 fully saturated rings. The van der Waals surface area contributed by atoms with Crippen LogP contribution in [0.5, 0.6) is 11.5 Å². The van der Waals surface area contributed by atoms with Crippen molar-refractivity contribution in [2.24, 2.45) is 0 Å². The summed E-state index contributed by atoms with van der Waals surface area (Å²) in [5, 5.41) is 0. The first kappa shape index (κ1) is 15.0. The van der Waals surface area contributed by atoms with Gasteiger partial charge < -0.3 is 9.47 Å². The lowest BCUT2D eigenvalue weighted by atomic mass is 9.95. The molecule has 0 aliphatic carbocycles. The number of fused-ring (bicyclic) bond motifs is 4. The number of ether oxygens (including phenoxy) is 2. The van der Waals surface area contributed by atoms with Crippen molar-refractivity contribution in [1.29, 1.82) is 0 Å². The highest BCUT2D eigenvalue weighted by atomic mass is 32.1. The van der Waals surface area contributed by atoms with Crippen LogP contribution in [0.4, 0.5) is 0 Å². The maximum absolute atomic E-state index is 5.69. The summed E-state index contributed by atoms with van der Waals surface area (Å²) in [7, 11) is 3.46. The largest absolute Gasteiger partial charge is 0.493 e. The molecule has 4 heteroatoms. The number of benzene rings is 1. The Kier molecular flexibility index (Phi) is 3.82. The van der Waals surface area contributed by atoms with E-state index in [0.717, 1.165) is 31.0 Å². The van der Waals surface area contributed by atoms with E-state index < -0.39 is 0 Å². The smallest absolute Gasteiger partial charge is 0.165 e. The van der Waals surface area contributed by atoms with E-state index in [0.29, 0.717) is 6.04 Å². The zero-order valence-corrected chi connectivity index (χ0v) is 14.8. The summed E-state index contributed by atoms with van der Waals surface area (Å²) in [5.41, 5.74) is 4.28. The van der Waals surface area contributed by atoms with Gasteiger partial charge in [0.05, 0.1) is 14.2 Å². The van der Waals surface area contributed by atoms with Gasteiger partial charge in [-0.05, 0) is 49.4 Å². The summed E-state index contributed by atoms with van der Waals surface area (Å²) < 4.78 is 11.2. The molecule has 1 atom stereocenters. The third kappa shape index (κ3) is 2.45. The Morgan fingerprint density at radius 3 is 2.83 bits per heavy atom. The van der Waals surface area contributed by atoms with Crippen LogP contribution in [-0.2, 0) is 19.4 Å². The number of thiophene rings is 1. The second-order valence-corrected chi connectivity index (χ2v) is 7.79. The van der Waals surface area contributed by atoms with Crippen molar-refractivity contribution in [2.45, 2.75) is 38.8 Å². The highest BCUT2D eigenvalue weighted by Crippen LogP contribution is 2.44. The van der Waals surface area contributed by atoms with Gasteiger partial charge in [0.25, 0.3) is 0 Å². The lowest BCUT2D eigenvalue weighted by molar-refractivity contribution is 0.173. The second-order valence-electron chi connectivity index (χ2n) is 6.45. The Hall–Kier alpha value is -1.52. The van der Waals surface area contributed by atoms with Crippen LogP contribution in [0.2, 0.25) is 0 Å². The summed E-state index contributed by atoms with van der Waals surface area (Å²) in [5.74, 6) is 1.76. The Labute approximate surface area is 141 Å². The molecule has 0 saturated heterocycles. The molecule has 3 heterocycles. The first-order valence-electron chi connectivity index (χ1n) is 8.27. The van der Waals surface area contributed by atoms with E-state index in [1.165, 1.54) is 28.8 Å². The van der Waals surface area contributed by atoms with Crippen molar-refractivity contribution >= 4 is 11.3 Å². The number of nitrogens with zero attached hydrogens (tertiary/aromatic N) is 1. The molecule has 0 radical (unpaired) electrons. The van der Waals surface area contributed by atoms with Gasteiger partial charge in [-0.3, -0.25) is 4.90 Å². The molecule has 0 bridgehead atoms.